The van der Waals surface area contributed by atoms with E-state index >= 15 is 0 Å². The van der Waals surface area contributed by atoms with Gasteiger partial charge in [0.2, 0.25) is 0 Å². The van der Waals surface area contributed by atoms with Gasteiger partial charge in [-0.1, -0.05) is 18.3 Å². The number of hydrogen-bond donors (Lipinski definition) is 4. The van der Waals surface area contributed by atoms with Crippen LogP contribution in [0.5, 0.6) is 0 Å². The summed E-state index contributed by atoms with van der Waals surface area (Å²) in [6.07, 6.45) is -0.834. The number of aromatic nitrogens is 1. The van der Waals surface area contributed by atoms with Crippen LogP contribution < -0.4 is 11.1 Å². The van der Waals surface area contributed by atoms with Gasteiger partial charge < -0.3 is 26.2 Å². The highest BCUT2D eigenvalue weighted by atomic mass is 32.1. The summed E-state index contributed by atoms with van der Waals surface area (Å²) in [4.78, 5) is 18.0. The van der Waals surface area contributed by atoms with E-state index in [4.69, 9.17) is 5.73 Å². The molecule has 2 atom stereocenters. The Hall–Kier alpha value is -1.38. The van der Waals surface area contributed by atoms with Crippen LogP contribution >= 0.6 is 11.3 Å². The van der Waals surface area contributed by atoms with Crippen LogP contribution in [0.15, 0.2) is 0 Å². The number of aliphatic hydroxyl groups is 2. The minimum absolute atomic E-state index is 0.120. The molecular formula is C11H18N4O3S. The molecule has 1 aromatic heterocycles. The third kappa shape index (κ3) is 2.96. The number of amides is 1. The highest BCUT2D eigenvalue weighted by Gasteiger charge is 2.34. The van der Waals surface area contributed by atoms with Crippen molar-refractivity contribution in [3.63, 3.8) is 0 Å². The number of carbonyl (C=O) groups is 1. The molecule has 19 heavy (non-hydrogen) atoms. The highest BCUT2D eigenvalue weighted by Crippen LogP contribution is 2.27. The summed E-state index contributed by atoms with van der Waals surface area (Å²) in [7, 11) is 0. The number of hydrogen-bond acceptors (Lipinski definition) is 7. The van der Waals surface area contributed by atoms with E-state index in [1.54, 1.807) is 0 Å². The van der Waals surface area contributed by atoms with Crippen molar-refractivity contribution in [1.29, 1.82) is 0 Å². The maximum absolute atomic E-state index is 12.2. The van der Waals surface area contributed by atoms with Crippen molar-refractivity contribution < 1.29 is 15.0 Å². The van der Waals surface area contributed by atoms with Gasteiger partial charge in [-0.25, -0.2) is 4.98 Å². The van der Waals surface area contributed by atoms with E-state index in [1.807, 2.05) is 6.92 Å². The molecule has 1 saturated heterocycles. The molecule has 5 N–H and O–H groups in total. The average molecular weight is 286 g/mol. The van der Waals surface area contributed by atoms with Gasteiger partial charge in [0.05, 0.1) is 12.2 Å². The summed E-state index contributed by atoms with van der Waals surface area (Å²) in [5.74, 6) is -0.111. The molecule has 0 saturated carbocycles. The third-order valence-corrected chi connectivity index (χ3v) is 3.94. The van der Waals surface area contributed by atoms with E-state index in [9.17, 15) is 15.0 Å². The topological polar surface area (TPSA) is 112 Å². The second-order valence-electron chi connectivity index (χ2n) is 4.50. The molecule has 106 valence electrons. The van der Waals surface area contributed by atoms with Gasteiger partial charge in [0.1, 0.15) is 10.7 Å². The zero-order valence-electron chi connectivity index (χ0n) is 10.7. The van der Waals surface area contributed by atoms with E-state index in [0.717, 1.165) is 13.0 Å². The smallest absolute Gasteiger partial charge is 0.268 e. The number of nitrogens with one attached hydrogen (secondary N) is 1. The van der Waals surface area contributed by atoms with Crippen molar-refractivity contribution in [3.05, 3.63) is 4.88 Å². The second kappa shape index (κ2) is 5.72. The van der Waals surface area contributed by atoms with Crippen LogP contribution in [-0.4, -0.2) is 57.8 Å². The van der Waals surface area contributed by atoms with Crippen LogP contribution in [0.25, 0.3) is 0 Å². The van der Waals surface area contributed by atoms with Gasteiger partial charge in [0.25, 0.3) is 5.91 Å². The number of rotatable bonds is 4. The molecule has 7 nitrogen and oxygen atoms in total. The van der Waals surface area contributed by atoms with Gasteiger partial charge >= 0.3 is 0 Å². The second-order valence-corrected chi connectivity index (χ2v) is 5.50. The molecule has 1 aromatic rings. The van der Waals surface area contributed by atoms with Crippen molar-refractivity contribution >= 4 is 28.2 Å². The SMILES string of the molecule is CCCNc1nc(N)c(C(=O)N2CC(O)C(O)C2)s1. The van der Waals surface area contributed by atoms with Crippen LogP contribution in [0.2, 0.25) is 0 Å². The Balaban J connectivity index is 2.09. The fourth-order valence-corrected chi connectivity index (χ4v) is 2.75. The van der Waals surface area contributed by atoms with E-state index < -0.39 is 12.2 Å². The van der Waals surface area contributed by atoms with Gasteiger partial charge in [-0.15, -0.1) is 0 Å². The molecule has 0 radical (unpaired) electrons. The van der Waals surface area contributed by atoms with Gasteiger partial charge in [-0.3, -0.25) is 4.79 Å². The van der Waals surface area contributed by atoms with Crippen molar-refractivity contribution in [2.24, 2.45) is 0 Å². The van der Waals surface area contributed by atoms with E-state index in [1.165, 1.54) is 16.2 Å². The Morgan fingerprint density at radius 2 is 2.16 bits per heavy atom. The first-order valence-corrected chi connectivity index (χ1v) is 7.00. The number of nitrogens with two attached hydrogens (primary N) is 1. The predicted octanol–water partition coefficient (Wildman–Crippen LogP) is -0.275. The summed E-state index contributed by atoms with van der Waals surface area (Å²) in [6, 6.07) is 0. The maximum atomic E-state index is 12.2. The van der Waals surface area contributed by atoms with Crippen LogP contribution in [0.3, 0.4) is 0 Å². The van der Waals surface area contributed by atoms with Gasteiger partial charge in [0, 0.05) is 19.6 Å². The number of likely N-dealkylation sites (tertiary alicyclic amines) is 1. The number of nitrogens with zero attached hydrogens (tertiary/aromatic N) is 2. The van der Waals surface area contributed by atoms with Crippen LogP contribution in [-0.2, 0) is 0 Å². The summed E-state index contributed by atoms with van der Waals surface area (Å²) in [5, 5.41) is 22.6. The van der Waals surface area contributed by atoms with E-state index in [-0.39, 0.29) is 24.8 Å². The number of carbonyl (C=O) groups excluding carboxylic acids is 1. The minimum Gasteiger partial charge on any atom is -0.388 e. The molecule has 2 heterocycles. The Morgan fingerprint density at radius 1 is 1.53 bits per heavy atom. The standard InChI is InChI=1S/C11H18N4O3S/c1-2-3-13-11-14-9(12)8(19-11)10(18)15-4-6(16)7(17)5-15/h6-7,16-17H,2-5,12H2,1H3,(H,13,14). The van der Waals surface area contributed by atoms with Crippen LogP contribution in [0, 0.1) is 0 Å². The summed E-state index contributed by atoms with van der Waals surface area (Å²) in [6.45, 7) is 3.04. The first-order valence-electron chi connectivity index (χ1n) is 6.18. The average Bonchev–Trinajstić information content (AvgIpc) is 2.90. The van der Waals surface area contributed by atoms with Crippen LogP contribution in [0.1, 0.15) is 23.0 Å². The molecule has 1 amide bonds. The van der Waals surface area contributed by atoms with Crippen molar-refractivity contribution in [2.45, 2.75) is 25.6 Å². The molecule has 8 heteroatoms. The van der Waals surface area contributed by atoms with Gasteiger partial charge in [0.15, 0.2) is 5.13 Å². The van der Waals surface area contributed by atoms with Crippen molar-refractivity contribution in [3.8, 4) is 0 Å². The summed E-state index contributed by atoms with van der Waals surface area (Å²) < 4.78 is 0. The molecule has 0 aliphatic carbocycles. The largest absolute Gasteiger partial charge is 0.388 e. The zero-order chi connectivity index (χ0) is 14.0. The predicted molar refractivity (Wildman–Crippen MR) is 73.2 cm³/mol. The Kier molecular flexibility index (Phi) is 4.23. The van der Waals surface area contributed by atoms with Crippen LogP contribution in [0.4, 0.5) is 10.9 Å². The lowest BCUT2D eigenvalue weighted by atomic mass is 10.3. The number of β-amino-alcohol motifs (C(OH)–C–C–N with tert-alkyl or cyclic N) is 2. The fraction of sp³-hybridized carbons (Fsp3) is 0.636. The first kappa shape index (κ1) is 14.0. The summed E-state index contributed by atoms with van der Waals surface area (Å²) in [5.41, 5.74) is 5.74. The Morgan fingerprint density at radius 3 is 2.74 bits per heavy atom. The molecule has 0 aromatic carbocycles. The number of thiazole rings is 1. The molecule has 1 fully saturated rings. The zero-order valence-corrected chi connectivity index (χ0v) is 11.5. The number of aliphatic hydroxyl groups excluding tert-OH is 2. The van der Waals surface area contributed by atoms with Gasteiger partial charge in [-0.2, -0.15) is 0 Å². The molecule has 0 bridgehead atoms. The lowest BCUT2D eigenvalue weighted by Crippen LogP contribution is -2.29. The monoisotopic (exact) mass is 286 g/mol. The van der Waals surface area contributed by atoms with Crippen molar-refractivity contribution in [1.82, 2.24) is 9.88 Å². The lowest BCUT2D eigenvalue weighted by Gasteiger charge is -2.13. The van der Waals surface area contributed by atoms with E-state index in [0.29, 0.717) is 10.0 Å². The summed E-state index contributed by atoms with van der Waals surface area (Å²) >= 11 is 1.20. The molecule has 1 aliphatic heterocycles. The molecule has 2 rings (SSSR count). The minimum atomic E-state index is -0.893. The van der Waals surface area contributed by atoms with Crippen molar-refractivity contribution in [2.75, 3.05) is 30.7 Å². The van der Waals surface area contributed by atoms with Gasteiger partial charge in [-0.05, 0) is 6.42 Å². The maximum Gasteiger partial charge on any atom is 0.268 e. The molecule has 0 spiro atoms. The Labute approximate surface area is 115 Å². The first-order chi connectivity index (χ1) is 9.02. The van der Waals surface area contributed by atoms with E-state index in [2.05, 4.69) is 10.3 Å². The normalized spacial score (nSPS) is 22.8. The lowest BCUT2D eigenvalue weighted by molar-refractivity contribution is 0.0572. The fourth-order valence-electron chi connectivity index (χ4n) is 1.87. The quantitative estimate of drug-likeness (QED) is 0.606. The Bertz CT molecular complexity index is 455. The molecule has 1 aliphatic rings. The highest BCUT2D eigenvalue weighted by molar-refractivity contribution is 7.18. The number of nitrogen functional groups attached to an aromatic ring is 1. The third-order valence-electron chi connectivity index (χ3n) is 2.92. The molecular weight excluding hydrogens is 268 g/mol. The molecule has 2 unspecified atom stereocenters. The number of anilines is 2.